The van der Waals surface area contributed by atoms with E-state index in [9.17, 15) is 4.39 Å². The van der Waals surface area contributed by atoms with Crippen LogP contribution in [-0.2, 0) is 11.1 Å². The van der Waals surface area contributed by atoms with Gasteiger partial charge in [0.05, 0.1) is 0 Å². The van der Waals surface area contributed by atoms with Crippen LogP contribution >= 0.6 is 0 Å². The predicted molar refractivity (Wildman–Crippen MR) is 57.1 cm³/mol. The number of aromatic nitrogens is 1. The van der Waals surface area contributed by atoms with Crippen molar-refractivity contribution in [1.82, 2.24) is 4.98 Å². The second-order valence-corrected chi connectivity index (χ2v) is 5.15. The average molecular weight is 195 g/mol. The molecule has 0 aliphatic carbocycles. The van der Waals surface area contributed by atoms with E-state index in [4.69, 9.17) is 0 Å². The summed E-state index contributed by atoms with van der Waals surface area (Å²) in [6, 6.07) is 3.58. The highest BCUT2D eigenvalue weighted by molar-refractivity contribution is 5.25. The first-order chi connectivity index (χ1) is 6.21. The molecule has 0 fully saturated rings. The van der Waals surface area contributed by atoms with Crippen molar-refractivity contribution in [2.75, 3.05) is 0 Å². The smallest absolute Gasteiger partial charge is 0.130 e. The Balaban J connectivity index is 3.15. The molecule has 0 spiro atoms. The Bertz CT molecular complexity index is 289. The number of halogens is 1. The minimum atomic E-state index is -1.29. The molecule has 0 saturated carbocycles. The van der Waals surface area contributed by atoms with Crippen LogP contribution in [-0.4, -0.2) is 4.98 Å². The quantitative estimate of drug-likeness (QED) is 0.667. The number of nitrogens with zero attached hydrogens (tertiary/aromatic N) is 1. The lowest BCUT2D eigenvalue weighted by Gasteiger charge is -2.21. The molecule has 0 bridgehead atoms. The fourth-order valence-corrected chi connectivity index (χ4v) is 1.21. The van der Waals surface area contributed by atoms with Crippen molar-refractivity contribution in [3.8, 4) is 0 Å². The maximum Gasteiger partial charge on any atom is 0.130 e. The molecule has 0 saturated heterocycles. The largest absolute Gasteiger partial charge is 0.261 e. The number of alkyl halides is 1. The Morgan fingerprint density at radius 1 is 1.14 bits per heavy atom. The highest BCUT2D eigenvalue weighted by Crippen LogP contribution is 2.28. The first-order valence-corrected chi connectivity index (χ1v) is 4.87. The van der Waals surface area contributed by atoms with Crippen LogP contribution in [0.5, 0.6) is 0 Å². The fourth-order valence-electron chi connectivity index (χ4n) is 1.21. The van der Waals surface area contributed by atoms with Crippen LogP contribution in [0.4, 0.5) is 4.39 Å². The van der Waals surface area contributed by atoms with Crippen LogP contribution in [0.3, 0.4) is 0 Å². The van der Waals surface area contributed by atoms with Crippen molar-refractivity contribution >= 4 is 0 Å². The molecular formula is C12H18FN. The number of pyridine rings is 1. The molecule has 0 atom stereocenters. The van der Waals surface area contributed by atoms with E-state index in [-0.39, 0.29) is 5.41 Å². The monoisotopic (exact) mass is 195 g/mol. The van der Waals surface area contributed by atoms with Crippen LogP contribution in [0.2, 0.25) is 0 Å². The molecule has 1 nitrogen and oxygen atoms in total. The van der Waals surface area contributed by atoms with Gasteiger partial charge in [-0.15, -0.1) is 0 Å². The van der Waals surface area contributed by atoms with Gasteiger partial charge in [0.1, 0.15) is 5.67 Å². The van der Waals surface area contributed by atoms with Crippen molar-refractivity contribution in [2.24, 2.45) is 0 Å². The molecule has 78 valence electrons. The van der Waals surface area contributed by atoms with E-state index >= 15 is 0 Å². The van der Waals surface area contributed by atoms with Gasteiger partial charge in [0.2, 0.25) is 0 Å². The van der Waals surface area contributed by atoms with E-state index in [0.717, 1.165) is 5.69 Å². The molecule has 1 rings (SSSR count). The summed E-state index contributed by atoms with van der Waals surface area (Å²) in [7, 11) is 0. The zero-order valence-corrected chi connectivity index (χ0v) is 9.56. The summed E-state index contributed by atoms with van der Waals surface area (Å²) in [5.74, 6) is 0. The molecule has 0 aliphatic rings. The summed E-state index contributed by atoms with van der Waals surface area (Å²) in [5, 5.41) is 0. The Morgan fingerprint density at radius 3 is 2.14 bits per heavy atom. The molecule has 0 aromatic carbocycles. The lowest BCUT2D eigenvalue weighted by atomic mass is 9.89. The van der Waals surface area contributed by atoms with Gasteiger partial charge in [-0.2, -0.15) is 0 Å². The van der Waals surface area contributed by atoms with Crippen molar-refractivity contribution in [2.45, 2.75) is 45.7 Å². The van der Waals surface area contributed by atoms with Gasteiger partial charge in [-0.1, -0.05) is 20.8 Å². The van der Waals surface area contributed by atoms with Gasteiger partial charge in [0, 0.05) is 17.3 Å². The Labute approximate surface area is 85.4 Å². The average Bonchev–Trinajstić information content (AvgIpc) is 2.01. The molecule has 2 heteroatoms. The summed E-state index contributed by atoms with van der Waals surface area (Å²) in [6.45, 7) is 9.35. The van der Waals surface area contributed by atoms with Gasteiger partial charge in [-0.05, 0) is 31.5 Å². The summed E-state index contributed by atoms with van der Waals surface area (Å²) in [4.78, 5) is 4.26. The first kappa shape index (κ1) is 11.2. The van der Waals surface area contributed by atoms with Gasteiger partial charge in [0.25, 0.3) is 0 Å². The molecule has 14 heavy (non-hydrogen) atoms. The Hall–Kier alpha value is -0.920. The lowest BCUT2D eigenvalue weighted by Crippen LogP contribution is -2.16. The van der Waals surface area contributed by atoms with Crippen molar-refractivity contribution in [3.05, 3.63) is 29.6 Å². The van der Waals surface area contributed by atoms with Gasteiger partial charge < -0.3 is 0 Å². The molecular weight excluding hydrogens is 177 g/mol. The van der Waals surface area contributed by atoms with E-state index < -0.39 is 5.67 Å². The predicted octanol–water partition coefficient (Wildman–Crippen LogP) is 3.58. The summed E-state index contributed by atoms with van der Waals surface area (Å²) in [6.07, 6.45) is 1.68. The maximum absolute atomic E-state index is 13.7. The number of rotatable bonds is 1. The third-order valence-electron chi connectivity index (χ3n) is 2.21. The molecule has 1 heterocycles. The van der Waals surface area contributed by atoms with Crippen LogP contribution < -0.4 is 0 Å². The zero-order valence-electron chi connectivity index (χ0n) is 9.56. The van der Waals surface area contributed by atoms with E-state index in [1.54, 1.807) is 26.1 Å². The second-order valence-electron chi connectivity index (χ2n) is 5.15. The van der Waals surface area contributed by atoms with E-state index in [1.165, 1.54) is 0 Å². The number of hydrogen-bond acceptors (Lipinski definition) is 1. The summed E-state index contributed by atoms with van der Waals surface area (Å²) < 4.78 is 13.7. The van der Waals surface area contributed by atoms with Gasteiger partial charge in [-0.3, -0.25) is 4.98 Å². The molecule has 0 N–H and O–H groups in total. The Morgan fingerprint density at radius 2 is 1.71 bits per heavy atom. The van der Waals surface area contributed by atoms with Crippen molar-refractivity contribution < 1.29 is 4.39 Å². The highest BCUT2D eigenvalue weighted by atomic mass is 19.1. The normalized spacial score (nSPS) is 13.0. The van der Waals surface area contributed by atoms with Gasteiger partial charge in [-0.25, -0.2) is 4.39 Å². The van der Waals surface area contributed by atoms with E-state index in [0.29, 0.717) is 5.56 Å². The van der Waals surface area contributed by atoms with E-state index in [1.807, 2.05) is 6.07 Å². The summed E-state index contributed by atoms with van der Waals surface area (Å²) in [5.41, 5.74) is 0.308. The highest BCUT2D eigenvalue weighted by Gasteiger charge is 2.22. The molecule has 1 aromatic rings. The lowest BCUT2D eigenvalue weighted by molar-refractivity contribution is 0.221. The molecule has 0 amide bonds. The van der Waals surface area contributed by atoms with Crippen molar-refractivity contribution in [1.29, 1.82) is 0 Å². The van der Waals surface area contributed by atoms with Gasteiger partial charge >= 0.3 is 0 Å². The molecule has 1 aromatic heterocycles. The van der Waals surface area contributed by atoms with Crippen LogP contribution in [0.25, 0.3) is 0 Å². The zero-order chi connectivity index (χ0) is 11.0. The Kier molecular flexibility index (Phi) is 2.66. The minimum absolute atomic E-state index is 0.0265. The van der Waals surface area contributed by atoms with Crippen molar-refractivity contribution in [3.63, 3.8) is 0 Å². The first-order valence-electron chi connectivity index (χ1n) is 4.87. The van der Waals surface area contributed by atoms with Gasteiger partial charge in [0.15, 0.2) is 0 Å². The fraction of sp³-hybridized carbons (Fsp3) is 0.583. The standard InChI is InChI=1S/C12H18FN/c1-11(2,3)10-8-9(6-7-14-10)12(4,5)13/h6-8H,1-5H3. The minimum Gasteiger partial charge on any atom is -0.261 e. The molecule has 0 unspecified atom stereocenters. The topological polar surface area (TPSA) is 12.9 Å². The van der Waals surface area contributed by atoms with E-state index in [2.05, 4.69) is 25.8 Å². The van der Waals surface area contributed by atoms with Crippen LogP contribution in [0, 0.1) is 0 Å². The van der Waals surface area contributed by atoms with Crippen LogP contribution in [0.15, 0.2) is 18.3 Å². The molecule has 0 aliphatic heterocycles. The molecule has 0 radical (unpaired) electrons. The SMILES string of the molecule is CC(C)(C)c1cc(C(C)(C)F)ccn1. The third-order valence-corrected chi connectivity index (χ3v) is 2.21. The second kappa shape index (κ2) is 3.34. The van der Waals surface area contributed by atoms with Crippen LogP contribution in [0.1, 0.15) is 45.9 Å². The third kappa shape index (κ3) is 2.53. The summed E-state index contributed by atoms with van der Waals surface area (Å²) >= 11 is 0. The maximum atomic E-state index is 13.7. The number of hydrogen-bond donors (Lipinski definition) is 0.